The first-order valence-corrected chi connectivity index (χ1v) is 25.6. The van der Waals surface area contributed by atoms with E-state index in [4.69, 9.17) is 18.0 Å². The standard InChI is InChI=1S/C68H46N2O4/c1-39(2)51-38-57(70(56-26-14-22-47-43-18-6-10-29-60(43)73-67(47)56)62-31-15-23-52-48-19-7-11-30-61(48)74-68(52,62)3)50-34-32-40-33-37-53(49-36-35-44(51)64(50)63(40)49)69(54-24-12-20-45-41-16-4-8-27-58(41)71-65(45)54)55-25-13-21-46-42-17-5-9-28-59(42)72-66(46)55/h4-39,52H,1-3H3. The summed E-state index contributed by atoms with van der Waals surface area (Å²) in [5.41, 5.74) is 12.6. The average Bonchev–Trinajstić information content (AvgIpc) is 4.21. The van der Waals surface area contributed by atoms with Crippen molar-refractivity contribution >= 4 is 127 Å². The van der Waals surface area contributed by atoms with E-state index in [0.717, 1.165) is 122 Å². The number of ether oxygens (including phenoxy) is 1. The van der Waals surface area contributed by atoms with Crippen LogP contribution in [0.1, 0.15) is 43.7 Å². The fraction of sp³-hybridized carbons (Fsp3) is 0.0882. The Bertz CT molecular complexity index is 4620. The van der Waals surface area contributed by atoms with Gasteiger partial charge in [0.1, 0.15) is 22.5 Å². The molecule has 2 aliphatic rings. The first-order valence-electron chi connectivity index (χ1n) is 25.6. The largest absolute Gasteiger partial charge is 0.480 e. The van der Waals surface area contributed by atoms with E-state index in [9.17, 15) is 0 Å². The molecule has 1 aliphatic heterocycles. The molecule has 0 saturated carbocycles. The third-order valence-electron chi connectivity index (χ3n) is 16.2. The van der Waals surface area contributed by atoms with Crippen LogP contribution in [0.4, 0.5) is 28.4 Å². The van der Waals surface area contributed by atoms with E-state index in [2.05, 4.69) is 225 Å². The highest BCUT2D eigenvalue weighted by molar-refractivity contribution is 6.29. The molecule has 3 aromatic heterocycles. The molecule has 0 fully saturated rings. The van der Waals surface area contributed by atoms with Gasteiger partial charge < -0.3 is 27.8 Å². The number of rotatable bonds is 7. The summed E-state index contributed by atoms with van der Waals surface area (Å²) in [5.74, 6) is 1.08. The van der Waals surface area contributed by atoms with Crippen molar-refractivity contribution in [3.8, 4) is 5.75 Å². The van der Waals surface area contributed by atoms with Gasteiger partial charge in [0, 0.05) is 48.7 Å². The number of benzene rings is 11. The van der Waals surface area contributed by atoms with Crippen LogP contribution in [0.25, 0.3) is 98.1 Å². The van der Waals surface area contributed by atoms with Gasteiger partial charge in [-0.2, -0.15) is 0 Å². The average molecular weight is 955 g/mol. The second-order valence-electron chi connectivity index (χ2n) is 20.6. The van der Waals surface area contributed by atoms with Gasteiger partial charge in [0.15, 0.2) is 22.4 Å². The number of nitrogens with zero attached hydrogens (tertiary/aromatic N) is 2. The zero-order valence-electron chi connectivity index (χ0n) is 40.9. The molecule has 352 valence electrons. The Labute approximate surface area is 425 Å². The highest BCUT2D eigenvalue weighted by Gasteiger charge is 2.50. The molecule has 0 bridgehead atoms. The van der Waals surface area contributed by atoms with E-state index in [1.54, 1.807) is 0 Å². The van der Waals surface area contributed by atoms with E-state index >= 15 is 0 Å². The van der Waals surface area contributed by atoms with Crippen molar-refractivity contribution in [3.63, 3.8) is 0 Å². The van der Waals surface area contributed by atoms with E-state index < -0.39 is 5.60 Å². The van der Waals surface area contributed by atoms with Crippen LogP contribution in [0.5, 0.6) is 5.75 Å². The van der Waals surface area contributed by atoms with E-state index in [-0.39, 0.29) is 11.8 Å². The Morgan fingerprint density at radius 1 is 0.432 bits per heavy atom. The fourth-order valence-electron chi connectivity index (χ4n) is 12.9. The number of anilines is 5. The van der Waals surface area contributed by atoms with Gasteiger partial charge in [0.05, 0.1) is 40.1 Å². The van der Waals surface area contributed by atoms with E-state index in [1.807, 2.05) is 18.2 Å². The van der Waals surface area contributed by atoms with Crippen LogP contribution in [-0.2, 0) is 0 Å². The second kappa shape index (κ2) is 15.1. The molecule has 14 aromatic rings. The maximum absolute atomic E-state index is 7.22. The highest BCUT2D eigenvalue weighted by atomic mass is 16.5. The monoisotopic (exact) mass is 954 g/mol. The second-order valence-corrected chi connectivity index (χ2v) is 20.6. The zero-order valence-corrected chi connectivity index (χ0v) is 40.9. The molecule has 0 N–H and O–H groups in total. The molecule has 0 amide bonds. The van der Waals surface area contributed by atoms with Crippen LogP contribution >= 0.6 is 0 Å². The first kappa shape index (κ1) is 41.4. The summed E-state index contributed by atoms with van der Waals surface area (Å²) in [5, 5.41) is 13.4. The van der Waals surface area contributed by atoms with Gasteiger partial charge in [-0.3, -0.25) is 0 Å². The molecular weight excluding hydrogens is 909 g/mol. The predicted octanol–water partition coefficient (Wildman–Crippen LogP) is 19.4. The van der Waals surface area contributed by atoms with Crippen molar-refractivity contribution in [1.82, 2.24) is 0 Å². The molecule has 0 spiro atoms. The highest BCUT2D eigenvalue weighted by Crippen LogP contribution is 2.57. The lowest BCUT2D eigenvalue weighted by Crippen LogP contribution is -2.43. The molecule has 2 unspecified atom stereocenters. The molecule has 4 heterocycles. The van der Waals surface area contributed by atoms with E-state index in [0.29, 0.717) is 0 Å². The molecule has 0 radical (unpaired) electrons. The summed E-state index contributed by atoms with van der Waals surface area (Å²) in [7, 11) is 0. The van der Waals surface area contributed by atoms with Crippen LogP contribution in [0.2, 0.25) is 0 Å². The summed E-state index contributed by atoms with van der Waals surface area (Å²) in [4.78, 5) is 4.83. The number of furan rings is 3. The van der Waals surface area contributed by atoms with E-state index in [1.165, 1.54) is 27.3 Å². The number of hydrogen-bond acceptors (Lipinski definition) is 6. The maximum Gasteiger partial charge on any atom is 0.159 e. The van der Waals surface area contributed by atoms with Gasteiger partial charge in [0.2, 0.25) is 0 Å². The van der Waals surface area contributed by atoms with Crippen LogP contribution < -0.4 is 14.5 Å². The van der Waals surface area contributed by atoms with Gasteiger partial charge in [-0.15, -0.1) is 0 Å². The summed E-state index contributed by atoms with van der Waals surface area (Å²) < 4.78 is 28.0. The van der Waals surface area contributed by atoms with Gasteiger partial charge >= 0.3 is 0 Å². The summed E-state index contributed by atoms with van der Waals surface area (Å²) >= 11 is 0. The lowest BCUT2D eigenvalue weighted by atomic mass is 9.79. The Kier molecular flexibility index (Phi) is 8.46. The van der Waals surface area contributed by atoms with Crippen molar-refractivity contribution in [3.05, 3.63) is 229 Å². The third-order valence-corrected chi connectivity index (χ3v) is 16.2. The Hall–Kier alpha value is -9.26. The summed E-state index contributed by atoms with van der Waals surface area (Å²) in [6, 6.07) is 69.4. The molecule has 2 atom stereocenters. The Morgan fingerprint density at radius 3 is 1.54 bits per heavy atom. The molecule has 6 nitrogen and oxygen atoms in total. The lowest BCUT2D eigenvalue weighted by molar-refractivity contribution is 0.139. The number of allylic oxidation sites excluding steroid dienone is 2. The minimum atomic E-state index is -0.752. The minimum absolute atomic E-state index is 0.0126. The molecule has 6 heteroatoms. The Balaban J connectivity index is 1.01. The van der Waals surface area contributed by atoms with Gasteiger partial charge in [-0.1, -0.05) is 166 Å². The number of fused-ring (bicyclic) bond motifs is 12. The smallest absolute Gasteiger partial charge is 0.159 e. The molecule has 11 aromatic carbocycles. The fourth-order valence-corrected chi connectivity index (χ4v) is 12.9. The van der Waals surface area contributed by atoms with Crippen LogP contribution in [0.3, 0.4) is 0 Å². The number of hydrogen-bond donors (Lipinski definition) is 0. The van der Waals surface area contributed by atoms with Crippen LogP contribution in [0.15, 0.2) is 231 Å². The van der Waals surface area contributed by atoms with Gasteiger partial charge in [-0.25, -0.2) is 0 Å². The van der Waals surface area contributed by atoms with Gasteiger partial charge in [-0.05, 0) is 101 Å². The minimum Gasteiger partial charge on any atom is -0.480 e. The molecule has 0 saturated heterocycles. The summed E-state index contributed by atoms with van der Waals surface area (Å²) in [6.07, 6.45) is 6.76. The van der Waals surface area contributed by atoms with Gasteiger partial charge in [0.25, 0.3) is 0 Å². The SMILES string of the molecule is CC(C)c1cc(N(C2=CC=CC3c4ccccc4OC23C)c2cccc3c2oc2ccccc23)c2ccc3ccc(N(c4cccc5c4oc4ccccc45)c4cccc5c4oc4ccccc45)c4ccc1c2c34. The first-order chi connectivity index (χ1) is 36.4. The van der Waals surface area contributed by atoms with Crippen molar-refractivity contribution in [2.75, 3.05) is 9.80 Å². The zero-order chi connectivity index (χ0) is 49.0. The normalized spacial score (nSPS) is 16.5. The quantitative estimate of drug-likeness (QED) is 0.148. The van der Waals surface area contributed by atoms with Crippen molar-refractivity contribution in [1.29, 1.82) is 0 Å². The molecular formula is C68H46N2O4. The van der Waals surface area contributed by atoms with Crippen molar-refractivity contribution < 1.29 is 18.0 Å². The van der Waals surface area contributed by atoms with Crippen LogP contribution in [-0.4, -0.2) is 5.60 Å². The van der Waals surface area contributed by atoms with Crippen LogP contribution in [0, 0.1) is 0 Å². The maximum atomic E-state index is 7.22. The number of para-hydroxylation sites is 7. The Morgan fingerprint density at radius 2 is 0.932 bits per heavy atom. The predicted molar refractivity (Wildman–Crippen MR) is 305 cm³/mol. The topological polar surface area (TPSA) is 55.1 Å². The summed E-state index contributed by atoms with van der Waals surface area (Å²) in [6.45, 7) is 6.88. The lowest BCUT2D eigenvalue weighted by Gasteiger charge is -2.41. The van der Waals surface area contributed by atoms with Crippen molar-refractivity contribution in [2.24, 2.45) is 0 Å². The molecule has 1 aliphatic carbocycles. The molecule has 74 heavy (non-hydrogen) atoms. The molecule has 16 rings (SSSR count). The third kappa shape index (κ3) is 5.60. The van der Waals surface area contributed by atoms with Crippen molar-refractivity contribution in [2.45, 2.75) is 38.2 Å².